The molecule has 1 aliphatic heterocycles. The first-order valence-electron chi connectivity index (χ1n) is 13.7. The van der Waals surface area contributed by atoms with E-state index in [1.54, 1.807) is 54.6 Å². The fourth-order valence-electron chi connectivity index (χ4n) is 4.88. The van der Waals surface area contributed by atoms with Crippen molar-refractivity contribution in [2.45, 2.75) is 43.4 Å². The van der Waals surface area contributed by atoms with E-state index in [0.29, 0.717) is 28.5 Å². The second-order valence-corrected chi connectivity index (χ2v) is 10.3. The smallest absolute Gasteiger partial charge is 0.325 e. The minimum atomic E-state index is -1.28. The molecule has 1 saturated carbocycles. The van der Waals surface area contributed by atoms with Crippen LogP contribution in [-0.4, -0.2) is 65.4 Å². The Morgan fingerprint density at radius 1 is 1.00 bits per heavy atom. The number of halogens is 1. The van der Waals surface area contributed by atoms with Crippen LogP contribution < -0.4 is 20.1 Å². The highest BCUT2D eigenvalue weighted by Gasteiger charge is 2.45. The molecule has 0 radical (unpaired) electrons. The van der Waals surface area contributed by atoms with Crippen LogP contribution in [-0.2, 0) is 16.0 Å². The molecule has 0 spiro atoms. The van der Waals surface area contributed by atoms with E-state index < -0.39 is 41.9 Å². The number of benzene rings is 3. The Labute approximate surface area is 242 Å². The predicted octanol–water partition coefficient (Wildman–Crippen LogP) is 3.29. The fraction of sp³-hybridized carbons (Fsp3) is 0.323. The Balaban J connectivity index is 1.38. The number of nitrogens with zero attached hydrogens (tertiary/aromatic N) is 1. The molecule has 4 amide bonds. The average Bonchev–Trinajstić information content (AvgIpc) is 3.81. The zero-order valence-electron chi connectivity index (χ0n) is 23.0. The van der Waals surface area contributed by atoms with Gasteiger partial charge in [0.2, 0.25) is 5.91 Å². The van der Waals surface area contributed by atoms with E-state index in [2.05, 4.69) is 10.6 Å². The molecule has 1 heterocycles. The largest absolute Gasteiger partial charge is 0.497 e. The van der Waals surface area contributed by atoms with Gasteiger partial charge in [0.05, 0.1) is 26.0 Å². The number of imide groups is 1. The van der Waals surface area contributed by atoms with Gasteiger partial charge in [0.15, 0.2) is 0 Å². The van der Waals surface area contributed by atoms with E-state index in [4.69, 9.17) is 9.47 Å². The lowest BCUT2D eigenvalue weighted by molar-refractivity contribution is -0.134. The maximum Gasteiger partial charge on any atom is 0.325 e. The Kier molecular flexibility index (Phi) is 8.69. The second-order valence-electron chi connectivity index (χ2n) is 10.3. The molecule has 10 nitrogen and oxygen atoms in total. The predicted molar refractivity (Wildman–Crippen MR) is 151 cm³/mol. The monoisotopic (exact) mass is 577 g/mol. The molecule has 1 aliphatic carbocycles. The van der Waals surface area contributed by atoms with Gasteiger partial charge in [-0.2, -0.15) is 0 Å². The molecule has 5 rings (SSSR count). The van der Waals surface area contributed by atoms with E-state index in [1.165, 1.54) is 19.2 Å². The third kappa shape index (κ3) is 6.37. The number of methoxy groups -OCH3 is 1. The third-order valence-electron chi connectivity index (χ3n) is 7.40. The van der Waals surface area contributed by atoms with Gasteiger partial charge in [0.1, 0.15) is 35.5 Å². The molecule has 1 unspecified atom stereocenters. The van der Waals surface area contributed by atoms with E-state index in [9.17, 15) is 29.0 Å². The lowest BCUT2D eigenvalue weighted by Gasteiger charge is -2.25. The van der Waals surface area contributed by atoms with E-state index in [0.717, 1.165) is 23.3 Å². The summed E-state index contributed by atoms with van der Waals surface area (Å²) in [5.74, 6) is -0.651. The molecular weight excluding hydrogens is 545 g/mol. The molecule has 220 valence electrons. The molecule has 2 fully saturated rings. The van der Waals surface area contributed by atoms with Crippen LogP contribution in [0.25, 0.3) is 0 Å². The summed E-state index contributed by atoms with van der Waals surface area (Å²) in [5, 5.41) is 23.7. The number of aliphatic hydroxyl groups is 2. The number of hydrogen-bond acceptors (Lipinski definition) is 7. The van der Waals surface area contributed by atoms with Crippen molar-refractivity contribution in [1.82, 2.24) is 10.2 Å². The highest BCUT2D eigenvalue weighted by Crippen LogP contribution is 2.41. The summed E-state index contributed by atoms with van der Waals surface area (Å²) >= 11 is 0. The fourth-order valence-corrected chi connectivity index (χ4v) is 4.88. The standard InChI is InChI=1S/C31H32FN3O7/c1-41-22-9-2-18(3-10-22)14-27(29(38)33-26-13-8-21(15-25(26)32)19-4-5-19)35-30(39)28(34-31(35)40)20-6-11-23(12-7-20)42-24(16-36)17-37/h2-3,6-13,15,19,24,27-28,36-37H,4-5,14,16-17H2,1H3,(H,33,38)(H,34,40)/t27?,28-/m1/s1. The highest BCUT2D eigenvalue weighted by molar-refractivity contribution is 6.09. The molecule has 1 saturated heterocycles. The van der Waals surface area contributed by atoms with Crippen LogP contribution in [0.2, 0.25) is 0 Å². The normalized spacial score (nSPS) is 17.3. The minimum absolute atomic E-state index is 0.0139. The maximum absolute atomic E-state index is 14.9. The molecule has 3 aromatic carbocycles. The molecule has 42 heavy (non-hydrogen) atoms. The van der Waals surface area contributed by atoms with E-state index in [-0.39, 0.29) is 25.3 Å². The first-order chi connectivity index (χ1) is 20.3. The summed E-state index contributed by atoms with van der Waals surface area (Å²) in [6.45, 7) is -0.757. The van der Waals surface area contributed by atoms with Gasteiger partial charge in [-0.05, 0) is 71.8 Å². The number of urea groups is 1. The zero-order chi connectivity index (χ0) is 29.8. The van der Waals surface area contributed by atoms with Crippen LogP contribution in [0, 0.1) is 5.82 Å². The third-order valence-corrected chi connectivity index (χ3v) is 7.40. The van der Waals surface area contributed by atoms with Gasteiger partial charge in [-0.3, -0.25) is 9.59 Å². The lowest BCUT2D eigenvalue weighted by Crippen LogP contribution is -2.49. The van der Waals surface area contributed by atoms with E-state index >= 15 is 0 Å². The zero-order valence-corrected chi connectivity index (χ0v) is 23.0. The first kappa shape index (κ1) is 29.0. The van der Waals surface area contributed by atoms with Crippen LogP contribution in [0.1, 0.15) is 41.5 Å². The summed E-state index contributed by atoms with van der Waals surface area (Å²) in [4.78, 5) is 41.3. The van der Waals surface area contributed by atoms with E-state index in [1.807, 2.05) is 0 Å². The Hall–Kier alpha value is -4.48. The Morgan fingerprint density at radius 3 is 2.24 bits per heavy atom. The number of carbonyl (C=O) groups is 3. The van der Waals surface area contributed by atoms with Gasteiger partial charge in [-0.15, -0.1) is 0 Å². The van der Waals surface area contributed by atoms with Crippen molar-refractivity contribution in [2.75, 3.05) is 25.6 Å². The highest BCUT2D eigenvalue weighted by atomic mass is 19.1. The van der Waals surface area contributed by atoms with Gasteiger partial charge < -0.3 is 30.3 Å². The first-order valence-corrected chi connectivity index (χ1v) is 13.7. The number of aliphatic hydroxyl groups excluding tert-OH is 2. The van der Waals surface area contributed by atoms with Crippen LogP contribution in [0.3, 0.4) is 0 Å². The number of carbonyl (C=O) groups excluding carboxylic acids is 3. The van der Waals surface area contributed by atoms with Crippen molar-refractivity contribution in [1.29, 1.82) is 0 Å². The van der Waals surface area contributed by atoms with Crippen LogP contribution in [0.4, 0.5) is 14.9 Å². The van der Waals surface area contributed by atoms with Crippen molar-refractivity contribution in [3.05, 3.63) is 89.2 Å². The van der Waals surface area contributed by atoms with Crippen LogP contribution >= 0.6 is 0 Å². The van der Waals surface area contributed by atoms with Gasteiger partial charge in [-0.25, -0.2) is 14.1 Å². The summed E-state index contributed by atoms with van der Waals surface area (Å²) in [6, 6.07) is 14.7. The molecule has 0 aromatic heterocycles. The van der Waals surface area contributed by atoms with Gasteiger partial charge in [-0.1, -0.05) is 30.3 Å². The van der Waals surface area contributed by atoms with Crippen molar-refractivity contribution in [2.24, 2.45) is 0 Å². The van der Waals surface area contributed by atoms with Crippen LogP contribution in [0.5, 0.6) is 11.5 Å². The Morgan fingerprint density at radius 2 is 1.64 bits per heavy atom. The van der Waals surface area contributed by atoms with Crippen molar-refractivity contribution in [3.63, 3.8) is 0 Å². The topological polar surface area (TPSA) is 137 Å². The number of amides is 4. The number of rotatable bonds is 12. The van der Waals surface area contributed by atoms with Crippen LogP contribution in [0.15, 0.2) is 66.7 Å². The second kappa shape index (κ2) is 12.6. The van der Waals surface area contributed by atoms with Crippen molar-refractivity contribution >= 4 is 23.5 Å². The molecule has 2 aliphatic rings. The van der Waals surface area contributed by atoms with Crippen molar-refractivity contribution in [3.8, 4) is 11.5 Å². The summed E-state index contributed by atoms with van der Waals surface area (Å²) in [7, 11) is 1.53. The summed E-state index contributed by atoms with van der Waals surface area (Å²) in [5.41, 5.74) is 1.94. The Bertz CT molecular complexity index is 1440. The van der Waals surface area contributed by atoms with Crippen molar-refractivity contribution < 1.29 is 38.5 Å². The van der Waals surface area contributed by atoms with Gasteiger partial charge in [0, 0.05) is 6.42 Å². The summed E-state index contributed by atoms with van der Waals surface area (Å²) < 4.78 is 25.6. The number of hydrogen-bond donors (Lipinski definition) is 4. The molecular formula is C31H32FN3O7. The number of nitrogens with one attached hydrogen (secondary N) is 2. The average molecular weight is 578 g/mol. The molecule has 3 aromatic rings. The maximum atomic E-state index is 14.9. The van der Waals surface area contributed by atoms with Gasteiger partial charge in [0.25, 0.3) is 5.91 Å². The van der Waals surface area contributed by atoms with Gasteiger partial charge >= 0.3 is 6.03 Å². The minimum Gasteiger partial charge on any atom is -0.497 e. The quantitative estimate of drug-likeness (QED) is 0.243. The SMILES string of the molecule is COc1ccc(CC(C(=O)Nc2ccc(C3CC3)cc2F)N2C(=O)N[C@H](c3ccc(OC(CO)CO)cc3)C2=O)cc1. The molecule has 4 N–H and O–H groups in total. The lowest BCUT2D eigenvalue weighted by atomic mass is 10.0. The molecule has 11 heteroatoms. The number of anilines is 1. The molecule has 2 atom stereocenters. The number of ether oxygens (including phenoxy) is 2. The molecule has 0 bridgehead atoms. The summed E-state index contributed by atoms with van der Waals surface area (Å²) in [6.07, 6.45) is 1.19.